The molecule has 0 aliphatic carbocycles. The molecule has 0 aliphatic heterocycles. The molecule has 0 saturated carbocycles. The van der Waals surface area contributed by atoms with Crippen LogP contribution in [0.4, 0.5) is 0 Å². The van der Waals surface area contributed by atoms with Crippen LogP contribution in [0.25, 0.3) is 10.8 Å². The number of aliphatic hydroxyl groups is 2. The first kappa shape index (κ1) is 25.5. The number of unbranched alkanes of at least 4 members (excludes halogenated alkanes) is 6. The van der Waals surface area contributed by atoms with Gasteiger partial charge in [0.15, 0.2) is 0 Å². The number of hydrogen-bond acceptors (Lipinski definition) is 4. The highest BCUT2D eigenvalue weighted by Crippen LogP contribution is 2.30. The normalized spacial score (nSPS) is 13.3. The topological polar surface area (TPSA) is 58.9 Å². The van der Waals surface area contributed by atoms with Crippen LogP contribution in [0, 0.1) is 6.92 Å². The molecule has 0 spiro atoms. The summed E-state index contributed by atoms with van der Waals surface area (Å²) in [6.45, 7) is 7.08. The molecule has 2 aromatic rings. The van der Waals surface area contributed by atoms with Crippen molar-refractivity contribution in [3.63, 3.8) is 0 Å². The Bertz CT molecular complexity index is 758. The summed E-state index contributed by atoms with van der Waals surface area (Å²) in [5.74, 6) is 1.59. The van der Waals surface area contributed by atoms with Crippen molar-refractivity contribution in [2.75, 3.05) is 13.2 Å². The van der Waals surface area contributed by atoms with Crippen LogP contribution in [0.3, 0.4) is 0 Å². The lowest BCUT2D eigenvalue weighted by molar-refractivity contribution is 0.0971. The first-order valence-electron chi connectivity index (χ1n) is 12.2. The summed E-state index contributed by atoms with van der Waals surface area (Å²) in [4.78, 5) is 0. The zero-order valence-electron chi connectivity index (χ0n) is 19.7. The first-order chi connectivity index (χ1) is 15.0. The van der Waals surface area contributed by atoms with E-state index in [1.54, 1.807) is 0 Å². The largest absolute Gasteiger partial charge is 0.491 e. The van der Waals surface area contributed by atoms with E-state index < -0.39 is 12.2 Å². The Balaban J connectivity index is 1.86. The minimum absolute atomic E-state index is 0.327. The van der Waals surface area contributed by atoms with Crippen molar-refractivity contribution >= 4 is 10.8 Å². The van der Waals surface area contributed by atoms with E-state index in [0.29, 0.717) is 13.2 Å². The standard InChI is InChI=1S/C27H42O4/c1-4-6-8-10-12-23(28)19-30-25-15-16-26-21(3)27(17-14-22(26)18-25)31-20-24(29)13-11-9-7-5-2/h14-18,23-24,28-29H,4-13,19-20H2,1-3H3. The molecule has 0 fully saturated rings. The summed E-state index contributed by atoms with van der Waals surface area (Å²) in [7, 11) is 0. The molecular weight excluding hydrogens is 388 g/mol. The molecular formula is C27H42O4. The number of aryl methyl sites for hydroxylation is 1. The Morgan fingerprint density at radius 2 is 1.35 bits per heavy atom. The number of fused-ring (bicyclic) bond motifs is 1. The average Bonchev–Trinajstić information content (AvgIpc) is 2.77. The number of benzene rings is 2. The fourth-order valence-corrected chi connectivity index (χ4v) is 3.85. The lowest BCUT2D eigenvalue weighted by atomic mass is 10.0. The van der Waals surface area contributed by atoms with Gasteiger partial charge in [0.2, 0.25) is 0 Å². The van der Waals surface area contributed by atoms with Gasteiger partial charge in [-0.2, -0.15) is 0 Å². The monoisotopic (exact) mass is 430 g/mol. The maximum Gasteiger partial charge on any atom is 0.122 e. The van der Waals surface area contributed by atoms with Gasteiger partial charge in [-0.25, -0.2) is 0 Å². The zero-order valence-corrected chi connectivity index (χ0v) is 19.7. The summed E-state index contributed by atoms with van der Waals surface area (Å²) in [6, 6.07) is 10.00. The van der Waals surface area contributed by atoms with E-state index in [1.807, 2.05) is 37.3 Å². The Hall–Kier alpha value is -1.78. The molecule has 0 amide bonds. The third-order valence-electron chi connectivity index (χ3n) is 5.87. The molecule has 2 atom stereocenters. The van der Waals surface area contributed by atoms with Gasteiger partial charge in [-0.15, -0.1) is 0 Å². The van der Waals surface area contributed by atoms with Crippen LogP contribution in [0.15, 0.2) is 30.3 Å². The van der Waals surface area contributed by atoms with Gasteiger partial charge in [-0.05, 0) is 54.3 Å². The van der Waals surface area contributed by atoms with Gasteiger partial charge in [0.25, 0.3) is 0 Å². The van der Waals surface area contributed by atoms with E-state index in [2.05, 4.69) is 13.8 Å². The van der Waals surface area contributed by atoms with Crippen molar-refractivity contribution in [2.45, 2.75) is 97.2 Å². The molecule has 0 aromatic heterocycles. The quantitative estimate of drug-likeness (QED) is 0.296. The number of ether oxygens (including phenoxy) is 2. The van der Waals surface area contributed by atoms with Gasteiger partial charge in [0.1, 0.15) is 24.7 Å². The third kappa shape index (κ3) is 9.08. The first-order valence-corrected chi connectivity index (χ1v) is 12.2. The van der Waals surface area contributed by atoms with E-state index in [-0.39, 0.29) is 0 Å². The van der Waals surface area contributed by atoms with Crippen LogP contribution in [0.5, 0.6) is 11.5 Å². The van der Waals surface area contributed by atoms with E-state index in [9.17, 15) is 10.2 Å². The second-order valence-corrected chi connectivity index (χ2v) is 8.70. The highest BCUT2D eigenvalue weighted by atomic mass is 16.5. The number of aliphatic hydroxyl groups excluding tert-OH is 2. The molecule has 0 bridgehead atoms. The Kier molecular flexibility index (Phi) is 11.8. The summed E-state index contributed by atoms with van der Waals surface area (Å²) < 4.78 is 11.7. The second kappa shape index (κ2) is 14.3. The van der Waals surface area contributed by atoms with Crippen LogP contribution >= 0.6 is 0 Å². The molecule has 2 rings (SSSR count). The summed E-state index contributed by atoms with van der Waals surface area (Å²) >= 11 is 0. The van der Waals surface area contributed by atoms with Gasteiger partial charge < -0.3 is 19.7 Å². The molecule has 0 heterocycles. The van der Waals surface area contributed by atoms with Crippen molar-refractivity contribution < 1.29 is 19.7 Å². The van der Waals surface area contributed by atoms with Crippen LogP contribution in [0.2, 0.25) is 0 Å². The van der Waals surface area contributed by atoms with Crippen molar-refractivity contribution in [3.8, 4) is 11.5 Å². The summed E-state index contributed by atoms with van der Waals surface area (Å²) in [6.07, 6.45) is 10.0. The van der Waals surface area contributed by atoms with Crippen molar-refractivity contribution in [3.05, 3.63) is 35.9 Å². The van der Waals surface area contributed by atoms with Crippen LogP contribution in [-0.4, -0.2) is 35.6 Å². The summed E-state index contributed by atoms with van der Waals surface area (Å²) in [5.41, 5.74) is 1.07. The minimum Gasteiger partial charge on any atom is -0.491 e. The maximum atomic E-state index is 10.2. The van der Waals surface area contributed by atoms with E-state index >= 15 is 0 Å². The van der Waals surface area contributed by atoms with Gasteiger partial charge in [0, 0.05) is 0 Å². The lowest BCUT2D eigenvalue weighted by Gasteiger charge is -2.16. The highest BCUT2D eigenvalue weighted by molar-refractivity contribution is 5.88. The Morgan fingerprint density at radius 3 is 1.97 bits per heavy atom. The SMILES string of the molecule is CCCCCCC(O)COc1ccc2c(C)c(OCC(O)CCCCCC)ccc2c1. The molecule has 4 nitrogen and oxygen atoms in total. The molecule has 2 N–H and O–H groups in total. The molecule has 2 aromatic carbocycles. The fourth-order valence-electron chi connectivity index (χ4n) is 3.85. The zero-order chi connectivity index (χ0) is 22.5. The predicted molar refractivity (Wildman–Crippen MR) is 129 cm³/mol. The third-order valence-corrected chi connectivity index (χ3v) is 5.87. The van der Waals surface area contributed by atoms with Crippen LogP contribution in [-0.2, 0) is 0 Å². The molecule has 2 unspecified atom stereocenters. The van der Waals surface area contributed by atoms with Crippen LogP contribution in [0.1, 0.15) is 83.6 Å². The number of rotatable bonds is 16. The Labute approximate surface area is 188 Å². The van der Waals surface area contributed by atoms with Crippen molar-refractivity contribution in [2.24, 2.45) is 0 Å². The molecule has 0 saturated heterocycles. The number of hydrogen-bond donors (Lipinski definition) is 2. The Morgan fingerprint density at radius 1 is 0.742 bits per heavy atom. The van der Waals surface area contributed by atoms with E-state index in [4.69, 9.17) is 9.47 Å². The van der Waals surface area contributed by atoms with Gasteiger partial charge >= 0.3 is 0 Å². The molecule has 31 heavy (non-hydrogen) atoms. The molecule has 0 radical (unpaired) electrons. The van der Waals surface area contributed by atoms with Crippen LogP contribution < -0.4 is 9.47 Å². The van der Waals surface area contributed by atoms with E-state index in [1.165, 1.54) is 38.5 Å². The fraction of sp³-hybridized carbons (Fsp3) is 0.630. The molecule has 174 valence electrons. The summed E-state index contributed by atoms with van der Waals surface area (Å²) in [5, 5.41) is 22.5. The maximum absolute atomic E-state index is 10.2. The minimum atomic E-state index is -0.420. The van der Waals surface area contributed by atoms with Gasteiger partial charge in [-0.3, -0.25) is 0 Å². The highest BCUT2D eigenvalue weighted by Gasteiger charge is 2.10. The van der Waals surface area contributed by atoms with E-state index in [0.717, 1.165) is 53.5 Å². The lowest BCUT2D eigenvalue weighted by Crippen LogP contribution is -2.17. The molecule has 4 heteroatoms. The van der Waals surface area contributed by atoms with Gasteiger partial charge in [-0.1, -0.05) is 77.3 Å². The average molecular weight is 431 g/mol. The predicted octanol–water partition coefficient (Wildman–Crippen LogP) is 6.57. The smallest absolute Gasteiger partial charge is 0.122 e. The van der Waals surface area contributed by atoms with Crippen molar-refractivity contribution in [1.82, 2.24) is 0 Å². The molecule has 0 aliphatic rings. The van der Waals surface area contributed by atoms with Crippen molar-refractivity contribution in [1.29, 1.82) is 0 Å². The second-order valence-electron chi connectivity index (χ2n) is 8.70. The van der Waals surface area contributed by atoms with Gasteiger partial charge in [0.05, 0.1) is 12.2 Å².